The van der Waals surface area contributed by atoms with Crippen molar-refractivity contribution in [3.63, 3.8) is 0 Å². The van der Waals surface area contributed by atoms with Gasteiger partial charge in [0.25, 0.3) is 0 Å². The highest BCUT2D eigenvalue weighted by Gasteiger charge is 2.12. The molecule has 0 aliphatic rings. The molecule has 0 saturated carbocycles. The number of hydrogen-bond donors (Lipinski definition) is 0. The van der Waals surface area contributed by atoms with Gasteiger partial charge in [0.15, 0.2) is 11.5 Å². The first-order chi connectivity index (χ1) is 15.8. The molecule has 1 aromatic rings. The lowest BCUT2D eigenvalue weighted by molar-refractivity contribution is 0.258. The summed E-state index contributed by atoms with van der Waals surface area (Å²) < 4.78 is 11.9. The lowest BCUT2D eigenvalue weighted by Gasteiger charge is -2.14. The summed E-state index contributed by atoms with van der Waals surface area (Å²) >= 11 is 0. The third-order valence-electron chi connectivity index (χ3n) is 5.84. The van der Waals surface area contributed by atoms with Gasteiger partial charge in [-0.15, -0.1) is 0 Å². The van der Waals surface area contributed by atoms with Crippen LogP contribution in [0.1, 0.15) is 128 Å². The van der Waals surface area contributed by atoms with Crippen LogP contribution >= 0.6 is 0 Å². The third kappa shape index (κ3) is 12.6. The van der Waals surface area contributed by atoms with Gasteiger partial charge in [-0.1, -0.05) is 104 Å². The summed E-state index contributed by atoms with van der Waals surface area (Å²) in [5, 5.41) is 18.7. The Morgan fingerprint density at radius 2 is 0.844 bits per heavy atom. The van der Waals surface area contributed by atoms with Crippen LogP contribution in [0.15, 0.2) is 12.1 Å². The topological polar surface area (TPSA) is 66.0 Å². The fourth-order valence-corrected chi connectivity index (χ4v) is 3.81. The molecule has 0 heterocycles. The van der Waals surface area contributed by atoms with E-state index in [2.05, 4.69) is 26.0 Å². The van der Waals surface area contributed by atoms with Gasteiger partial charge >= 0.3 is 0 Å². The summed E-state index contributed by atoms with van der Waals surface area (Å²) in [7, 11) is 0. The number of nitrogens with zero attached hydrogens (tertiary/aromatic N) is 2. The van der Waals surface area contributed by atoms with Crippen molar-refractivity contribution >= 4 is 0 Å². The number of unbranched alkanes of at least 4 members (excludes halogenated alkanes) is 14. The maximum absolute atomic E-state index is 9.35. The van der Waals surface area contributed by atoms with Crippen LogP contribution in [0.5, 0.6) is 11.5 Å². The monoisotopic (exact) mass is 440 g/mol. The van der Waals surface area contributed by atoms with Crippen molar-refractivity contribution in [1.82, 2.24) is 0 Å². The molecule has 0 atom stereocenters. The largest absolute Gasteiger partial charge is 0.490 e. The second-order valence-electron chi connectivity index (χ2n) is 8.71. The molecular weight excluding hydrogens is 396 g/mol. The van der Waals surface area contributed by atoms with Crippen LogP contribution in [0.3, 0.4) is 0 Å². The fraction of sp³-hybridized carbons (Fsp3) is 0.714. The van der Waals surface area contributed by atoms with Crippen molar-refractivity contribution in [2.24, 2.45) is 0 Å². The zero-order valence-corrected chi connectivity index (χ0v) is 20.6. The molecule has 178 valence electrons. The summed E-state index contributed by atoms with van der Waals surface area (Å²) in [4.78, 5) is 0. The predicted molar refractivity (Wildman–Crippen MR) is 132 cm³/mol. The van der Waals surface area contributed by atoms with Crippen LogP contribution in [0.2, 0.25) is 0 Å². The highest BCUT2D eigenvalue weighted by atomic mass is 16.5. The highest BCUT2D eigenvalue weighted by Crippen LogP contribution is 2.31. The normalized spacial score (nSPS) is 10.5. The average molecular weight is 441 g/mol. The fourth-order valence-electron chi connectivity index (χ4n) is 3.81. The number of nitriles is 2. The van der Waals surface area contributed by atoms with Gasteiger partial charge < -0.3 is 9.47 Å². The van der Waals surface area contributed by atoms with Gasteiger partial charge in [-0.05, 0) is 12.8 Å². The first-order valence-corrected chi connectivity index (χ1v) is 13.0. The second kappa shape index (κ2) is 19.5. The molecule has 0 aromatic heterocycles. The summed E-state index contributed by atoms with van der Waals surface area (Å²) in [5.41, 5.74) is 0.690. The third-order valence-corrected chi connectivity index (χ3v) is 5.84. The summed E-state index contributed by atoms with van der Waals surface area (Å²) in [6, 6.07) is 7.51. The van der Waals surface area contributed by atoms with E-state index in [0.29, 0.717) is 35.8 Å². The minimum absolute atomic E-state index is 0.345. The van der Waals surface area contributed by atoms with Gasteiger partial charge in [-0.25, -0.2) is 0 Å². The predicted octanol–water partition coefficient (Wildman–Crippen LogP) is 8.47. The van der Waals surface area contributed by atoms with E-state index in [1.54, 1.807) is 12.1 Å². The van der Waals surface area contributed by atoms with Crippen molar-refractivity contribution < 1.29 is 9.47 Å². The Hall–Kier alpha value is -2.20. The van der Waals surface area contributed by atoms with Crippen LogP contribution in [0.4, 0.5) is 0 Å². The molecule has 0 spiro atoms. The molecule has 4 nitrogen and oxygen atoms in total. The smallest absolute Gasteiger partial charge is 0.162 e. The maximum atomic E-state index is 9.35. The lowest BCUT2D eigenvalue weighted by Crippen LogP contribution is -2.04. The molecule has 0 N–H and O–H groups in total. The zero-order valence-electron chi connectivity index (χ0n) is 20.6. The highest BCUT2D eigenvalue weighted by molar-refractivity contribution is 5.56. The molecule has 1 aromatic carbocycles. The van der Waals surface area contributed by atoms with Gasteiger partial charge in [-0.2, -0.15) is 10.5 Å². The summed E-state index contributed by atoms with van der Waals surface area (Å²) in [6.07, 6.45) is 19.9. The number of ether oxygens (including phenoxy) is 2. The Kier molecular flexibility index (Phi) is 16.9. The molecule has 0 bridgehead atoms. The van der Waals surface area contributed by atoms with Gasteiger partial charge in [-0.3, -0.25) is 0 Å². The number of benzene rings is 1. The van der Waals surface area contributed by atoms with Crippen molar-refractivity contribution in [2.45, 2.75) is 117 Å². The Balaban J connectivity index is 2.41. The number of rotatable bonds is 20. The molecule has 0 amide bonds. The van der Waals surface area contributed by atoms with E-state index in [4.69, 9.17) is 9.47 Å². The molecule has 0 aliphatic heterocycles. The minimum atomic E-state index is 0.345. The van der Waals surface area contributed by atoms with Crippen LogP contribution < -0.4 is 9.47 Å². The van der Waals surface area contributed by atoms with E-state index in [9.17, 15) is 10.5 Å². The van der Waals surface area contributed by atoms with E-state index in [1.165, 1.54) is 77.0 Å². The number of hydrogen-bond acceptors (Lipinski definition) is 4. The Labute approximate surface area is 196 Å². The molecule has 0 saturated heterocycles. The van der Waals surface area contributed by atoms with Crippen molar-refractivity contribution in [3.8, 4) is 23.6 Å². The molecule has 0 aliphatic carbocycles. The second-order valence-corrected chi connectivity index (χ2v) is 8.71. The first kappa shape index (κ1) is 27.8. The van der Waals surface area contributed by atoms with Crippen LogP contribution in [0, 0.1) is 22.7 Å². The van der Waals surface area contributed by atoms with Crippen LogP contribution in [-0.4, -0.2) is 13.2 Å². The molecule has 1 rings (SSSR count). The Morgan fingerprint density at radius 1 is 0.531 bits per heavy atom. The van der Waals surface area contributed by atoms with E-state index in [-0.39, 0.29) is 0 Å². The molecular formula is C28H44N2O2. The van der Waals surface area contributed by atoms with Crippen molar-refractivity contribution in [2.75, 3.05) is 13.2 Å². The van der Waals surface area contributed by atoms with Crippen molar-refractivity contribution in [1.29, 1.82) is 10.5 Å². The lowest BCUT2D eigenvalue weighted by atomic mass is 10.1. The first-order valence-electron chi connectivity index (χ1n) is 13.0. The minimum Gasteiger partial charge on any atom is -0.490 e. The maximum Gasteiger partial charge on any atom is 0.162 e. The Bertz CT molecular complexity index is 629. The van der Waals surface area contributed by atoms with E-state index in [0.717, 1.165) is 25.7 Å². The van der Waals surface area contributed by atoms with Crippen LogP contribution in [-0.2, 0) is 0 Å². The zero-order chi connectivity index (χ0) is 23.3. The quantitative estimate of drug-likeness (QED) is 0.191. The molecule has 32 heavy (non-hydrogen) atoms. The van der Waals surface area contributed by atoms with E-state index in [1.807, 2.05) is 0 Å². The van der Waals surface area contributed by atoms with Gasteiger partial charge in [0.2, 0.25) is 0 Å². The summed E-state index contributed by atoms with van der Waals surface area (Å²) in [5.74, 6) is 1.17. The van der Waals surface area contributed by atoms with E-state index < -0.39 is 0 Å². The molecule has 0 fully saturated rings. The summed E-state index contributed by atoms with van der Waals surface area (Å²) in [6.45, 7) is 5.71. The van der Waals surface area contributed by atoms with Crippen LogP contribution in [0.25, 0.3) is 0 Å². The van der Waals surface area contributed by atoms with Crippen molar-refractivity contribution in [3.05, 3.63) is 23.3 Å². The standard InChI is InChI=1S/C28H44N2O2/c1-3-5-7-9-11-13-15-17-19-31-27-21-25(23-29)26(24-30)22-28(27)32-20-18-16-14-12-10-8-6-4-2/h21-22H,3-20H2,1-2H3. The van der Waals surface area contributed by atoms with Gasteiger partial charge in [0, 0.05) is 12.1 Å². The average Bonchev–Trinajstić information content (AvgIpc) is 2.82. The van der Waals surface area contributed by atoms with Gasteiger partial charge in [0.05, 0.1) is 24.3 Å². The Morgan fingerprint density at radius 3 is 1.16 bits per heavy atom. The SMILES string of the molecule is CCCCCCCCCCOc1cc(C#N)c(C#N)cc1OCCCCCCCCCC. The molecule has 0 radical (unpaired) electrons. The van der Waals surface area contributed by atoms with Gasteiger partial charge in [0.1, 0.15) is 12.1 Å². The van der Waals surface area contributed by atoms with E-state index >= 15 is 0 Å². The molecule has 0 unspecified atom stereocenters. The molecule has 4 heteroatoms.